The molecule has 1 fully saturated rings. The van der Waals surface area contributed by atoms with E-state index >= 15 is 0 Å². The molecule has 0 aliphatic carbocycles. The number of aromatic nitrogens is 4. The minimum Gasteiger partial charge on any atom is -0.497 e. The normalized spacial score (nSPS) is 15.5. The molecule has 1 aliphatic heterocycles. The fourth-order valence-electron chi connectivity index (χ4n) is 2.78. The van der Waals surface area contributed by atoms with E-state index in [0.29, 0.717) is 25.4 Å². The molecule has 0 spiro atoms. The molecule has 1 saturated heterocycles. The predicted molar refractivity (Wildman–Crippen MR) is 99.0 cm³/mol. The maximum Gasteiger partial charge on any atom is 0.290 e. The van der Waals surface area contributed by atoms with Crippen molar-refractivity contribution in [3.8, 4) is 17.0 Å². The van der Waals surface area contributed by atoms with Gasteiger partial charge in [0.1, 0.15) is 5.75 Å². The van der Waals surface area contributed by atoms with Crippen molar-refractivity contribution in [1.29, 1.82) is 0 Å². The molecule has 0 radical (unpaired) electrons. The van der Waals surface area contributed by atoms with Crippen LogP contribution < -0.4 is 10.1 Å². The lowest BCUT2D eigenvalue weighted by molar-refractivity contribution is -0.123. The van der Waals surface area contributed by atoms with Gasteiger partial charge in [0.2, 0.25) is 5.91 Å². The molecule has 3 aromatic rings. The number of nitrogens with one attached hydrogen (secondary N) is 1. The molecule has 1 aliphatic rings. The van der Waals surface area contributed by atoms with Crippen molar-refractivity contribution in [2.75, 3.05) is 25.6 Å². The Labute approximate surface area is 160 Å². The summed E-state index contributed by atoms with van der Waals surface area (Å²) in [6.07, 6.45) is 2.38. The van der Waals surface area contributed by atoms with Crippen LogP contribution >= 0.6 is 0 Å². The Balaban J connectivity index is 0.000000706. The second kappa shape index (κ2) is 8.91. The summed E-state index contributed by atoms with van der Waals surface area (Å²) in [6, 6.07) is 9.47. The average molecular weight is 385 g/mol. The summed E-state index contributed by atoms with van der Waals surface area (Å²) in [7, 11) is 1.63. The molecule has 146 valence electrons. The van der Waals surface area contributed by atoms with Crippen LogP contribution in [-0.4, -0.2) is 57.4 Å². The molecule has 10 heteroatoms. The monoisotopic (exact) mass is 385 g/mol. The van der Waals surface area contributed by atoms with E-state index in [4.69, 9.17) is 19.4 Å². The first-order valence-corrected chi connectivity index (χ1v) is 8.49. The highest BCUT2D eigenvalue weighted by atomic mass is 16.5. The summed E-state index contributed by atoms with van der Waals surface area (Å²) in [5, 5.41) is 14.0. The molecule has 4 rings (SSSR count). The summed E-state index contributed by atoms with van der Waals surface area (Å²) in [6.45, 7) is 0.800. The van der Waals surface area contributed by atoms with E-state index in [0.717, 1.165) is 17.0 Å². The molecule has 1 aromatic carbocycles. The number of anilines is 1. The van der Waals surface area contributed by atoms with Gasteiger partial charge in [-0.15, -0.1) is 5.10 Å². The molecular weight excluding hydrogens is 366 g/mol. The highest BCUT2D eigenvalue weighted by Gasteiger charge is 2.24. The molecule has 1 unspecified atom stereocenters. The van der Waals surface area contributed by atoms with Crippen LogP contribution in [0.3, 0.4) is 0 Å². The number of carbonyl (C=O) groups is 2. The minimum absolute atomic E-state index is 0.126. The van der Waals surface area contributed by atoms with Crippen LogP contribution in [0.15, 0.2) is 36.5 Å². The zero-order valence-electron chi connectivity index (χ0n) is 15.1. The summed E-state index contributed by atoms with van der Waals surface area (Å²) in [4.78, 5) is 29.1. The third-order valence-corrected chi connectivity index (χ3v) is 4.16. The number of benzene rings is 1. The van der Waals surface area contributed by atoms with E-state index in [1.165, 1.54) is 0 Å². The van der Waals surface area contributed by atoms with Gasteiger partial charge in [0, 0.05) is 18.4 Å². The van der Waals surface area contributed by atoms with E-state index in [1.54, 1.807) is 17.8 Å². The van der Waals surface area contributed by atoms with Crippen molar-refractivity contribution in [2.24, 2.45) is 5.92 Å². The van der Waals surface area contributed by atoms with Gasteiger partial charge in [-0.05, 0) is 36.8 Å². The molecule has 0 bridgehead atoms. The number of carboxylic acid groups (broad SMARTS) is 1. The molecule has 10 nitrogen and oxygen atoms in total. The number of fused-ring (bicyclic) bond motifs is 1. The third-order valence-electron chi connectivity index (χ3n) is 4.16. The molecule has 1 atom stereocenters. The first-order valence-electron chi connectivity index (χ1n) is 8.49. The Bertz CT molecular complexity index is 951. The fourth-order valence-corrected chi connectivity index (χ4v) is 2.78. The van der Waals surface area contributed by atoms with Crippen LogP contribution in [0, 0.1) is 5.92 Å². The van der Waals surface area contributed by atoms with Crippen molar-refractivity contribution >= 4 is 24.1 Å². The van der Waals surface area contributed by atoms with Crippen molar-refractivity contribution < 1.29 is 24.2 Å². The smallest absolute Gasteiger partial charge is 0.290 e. The number of methoxy groups -OCH3 is 1. The van der Waals surface area contributed by atoms with E-state index in [-0.39, 0.29) is 24.2 Å². The van der Waals surface area contributed by atoms with Crippen LogP contribution in [0.5, 0.6) is 5.75 Å². The van der Waals surface area contributed by atoms with Gasteiger partial charge in [-0.2, -0.15) is 9.50 Å². The predicted octanol–water partition coefficient (Wildman–Crippen LogP) is 1.48. The zero-order valence-corrected chi connectivity index (χ0v) is 15.1. The molecule has 3 heterocycles. The maximum absolute atomic E-state index is 12.2. The number of hydrogen-bond acceptors (Lipinski definition) is 7. The van der Waals surface area contributed by atoms with Gasteiger partial charge in [-0.3, -0.25) is 14.9 Å². The lowest BCUT2D eigenvalue weighted by Crippen LogP contribution is -2.23. The van der Waals surface area contributed by atoms with Gasteiger partial charge in [0.05, 0.1) is 25.3 Å². The highest BCUT2D eigenvalue weighted by molar-refractivity contribution is 5.91. The quantitative estimate of drug-likeness (QED) is 0.646. The Kier molecular flexibility index (Phi) is 6.12. The van der Waals surface area contributed by atoms with Gasteiger partial charge in [-0.1, -0.05) is 0 Å². The second-order valence-electron chi connectivity index (χ2n) is 5.86. The van der Waals surface area contributed by atoms with Crippen LogP contribution in [0.25, 0.3) is 17.0 Å². The van der Waals surface area contributed by atoms with Crippen molar-refractivity contribution in [3.63, 3.8) is 0 Å². The number of nitrogens with zero attached hydrogens (tertiary/aromatic N) is 4. The van der Waals surface area contributed by atoms with Gasteiger partial charge >= 0.3 is 0 Å². The molecule has 2 aromatic heterocycles. The standard InChI is InChI=1S/C17H17N5O3.CH2O2/c1-24-13-4-2-11(3-5-13)14-6-8-18-17-20-16(21-22(14)17)19-15(23)12-7-9-25-10-12;2-1-3/h2-6,8,12H,7,9-10H2,1H3,(H,19,21,23);1H,(H,2,3). The van der Waals surface area contributed by atoms with Gasteiger partial charge in [0.25, 0.3) is 18.2 Å². The molecule has 1 amide bonds. The Hall–Kier alpha value is -3.53. The van der Waals surface area contributed by atoms with Crippen LogP contribution in [-0.2, 0) is 14.3 Å². The lowest BCUT2D eigenvalue weighted by atomic mass is 10.1. The van der Waals surface area contributed by atoms with Crippen LogP contribution in [0.2, 0.25) is 0 Å². The molecule has 28 heavy (non-hydrogen) atoms. The van der Waals surface area contributed by atoms with E-state index in [1.807, 2.05) is 30.3 Å². The number of carbonyl (C=O) groups excluding carboxylic acids is 1. The maximum atomic E-state index is 12.2. The summed E-state index contributed by atoms with van der Waals surface area (Å²) >= 11 is 0. The van der Waals surface area contributed by atoms with E-state index < -0.39 is 0 Å². The SMILES string of the molecule is COc1ccc(-c2ccnc3nc(NC(=O)C4CCOC4)nn23)cc1.O=CO. The van der Waals surface area contributed by atoms with Crippen LogP contribution in [0.4, 0.5) is 5.95 Å². The minimum atomic E-state index is -0.250. The van der Waals surface area contributed by atoms with E-state index in [2.05, 4.69) is 20.4 Å². The molecule has 0 saturated carbocycles. The number of hydrogen-bond donors (Lipinski definition) is 2. The summed E-state index contributed by atoms with van der Waals surface area (Å²) < 4.78 is 12.0. The summed E-state index contributed by atoms with van der Waals surface area (Å²) in [5.74, 6) is 1.16. The Morgan fingerprint density at radius 1 is 1.36 bits per heavy atom. The van der Waals surface area contributed by atoms with Gasteiger partial charge in [-0.25, -0.2) is 4.98 Å². The van der Waals surface area contributed by atoms with Gasteiger partial charge in [0.15, 0.2) is 0 Å². The first kappa shape index (κ1) is 19.2. The molecular formula is C18H19N5O5. The highest BCUT2D eigenvalue weighted by Crippen LogP contribution is 2.23. The summed E-state index contributed by atoms with van der Waals surface area (Å²) in [5.41, 5.74) is 1.77. The third kappa shape index (κ3) is 4.23. The van der Waals surface area contributed by atoms with E-state index in [9.17, 15) is 4.79 Å². The molecule has 2 N–H and O–H groups in total. The second-order valence-corrected chi connectivity index (χ2v) is 5.86. The largest absolute Gasteiger partial charge is 0.497 e. The van der Waals surface area contributed by atoms with Crippen molar-refractivity contribution in [1.82, 2.24) is 19.6 Å². The van der Waals surface area contributed by atoms with Crippen LogP contribution in [0.1, 0.15) is 6.42 Å². The Morgan fingerprint density at radius 2 is 2.11 bits per heavy atom. The topological polar surface area (TPSA) is 128 Å². The Morgan fingerprint density at radius 3 is 2.75 bits per heavy atom. The number of ether oxygens (including phenoxy) is 2. The van der Waals surface area contributed by atoms with Crippen molar-refractivity contribution in [2.45, 2.75) is 6.42 Å². The number of amides is 1. The zero-order chi connectivity index (χ0) is 19.9. The lowest BCUT2D eigenvalue weighted by Gasteiger charge is -2.06. The number of rotatable bonds is 4. The van der Waals surface area contributed by atoms with Gasteiger partial charge < -0.3 is 14.6 Å². The average Bonchev–Trinajstić information content (AvgIpc) is 3.38. The first-order chi connectivity index (χ1) is 13.7. The van der Waals surface area contributed by atoms with Crippen molar-refractivity contribution in [3.05, 3.63) is 36.5 Å². The fraction of sp³-hybridized carbons (Fsp3) is 0.278.